The molecule has 4 aromatic rings. The summed E-state index contributed by atoms with van der Waals surface area (Å²) >= 11 is 15.7. The fraction of sp³-hybridized carbons (Fsp3) is 0.250. The van der Waals surface area contributed by atoms with E-state index in [1.165, 1.54) is 22.6 Å². The summed E-state index contributed by atoms with van der Waals surface area (Å²) in [5.41, 5.74) is 4.90. The van der Waals surface area contributed by atoms with Crippen LogP contribution in [0.5, 0.6) is 0 Å². The number of rotatable bonds is 7. The first-order valence-electron chi connectivity index (χ1n) is 15.0. The molecule has 2 bridgehead atoms. The van der Waals surface area contributed by atoms with E-state index < -0.39 is 18.4 Å². The van der Waals surface area contributed by atoms with Gasteiger partial charge in [0.15, 0.2) is 6.61 Å². The van der Waals surface area contributed by atoms with Gasteiger partial charge in [-0.2, -0.15) is 0 Å². The summed E-state index contributed by atoms with van der Waals surface area (Å²) in [5, 5.41) is 1.14. The van der Waals surface area contributed by atoms with Crippen molar-refractivity contribution in [3.8, 4) is 11.3 Å². The molecule has 0 N–H and O–H groups in total. The van der Waals surface area contributed by atoms with Crippen molar-refractivity contribution < 1.29 is 23.9 Å². The minimum atomic E-state index is -0.692. The molecule has 2 amide bonds. The first-order valence-corrected chi connectivity index (χ1v) is 16.6. The summed E-state index contributed by atoms with van der Waals surface area (Å²) < 4.78 is 6.28. The molecule has 46 heavy (non-hydrogen) atoms. The van der Waals surface area contributed by atoms with E-state index in [1.807, 2.05) is 19.9 Å². The molecule has 1 saturated heterocycles. The van der Waals surface area contributed by atoms with Crippen LogP contribution in [0.25, 0.3) is 22.2 Å². The number of imide groups is 1. The molecule has 1 aliphatic heterocycles. The second-order valence-corrected chi connectivity index (χ2v) is 13.8. The number of hydrogen-bond acceptors (Lipinski definition) is 6. The quantitative estimate of drug-likeness (QED) is 0.0827. The number of ketones is 1. The van der Waals surface area contributed by atoms with Crippen LogP contribution in [-0.2, 0) is 20.7 Å². The first-order chi connectivity index (χ1) is 22.0. The number of allylic oxidation sites excluding steroid dienone is 2. The Labute approximate surface area is 283 Å². The normalized spacial score (nSPS) is 21.6. The van der Waals surface area contributed by atoms with Gasteiger partial charge in [-0.1, -0.05) is 69.8 Å². The van der Waals surface area contributed by atoms with Gasteiger partial charge < -0.3 is 4.74 Å². The van der Waals surface area contributed by atoms with Gasteiger partial charge in [-0.3, -0.25) is 19.3 Å². The van der Waals surface area contributed by atoms with E-state index in [1.54, 1.807) is 42.5 Å². The highest BCUT2D eigenvalue weighted by molar-refractivity contribution is 9.10. The minimum Gasteiger partial charge on any atom is -0.454 e. The van der Waals surface area contributed by atoms with Gasteiger partial charge in [0.1, 0.15) is 0 Å². The molecule has 4 atom stereocenters. The molecule has 1 aromatic heterocycles. The monoisotopic (exact) mass is 716 g/mol. The van der Waals surface area contributed by atoms with Crippen molar-refractivity contribution in [1.29, 1.82) is 0 Å². The molecular formula is C36H27BrCl2N2O5. The molecule has 2 fully saturated rings. The van der Waals surface area contributed by atoms with Crippen LogP contribution in [0.2, 0.25) is 10.0 Å². The number of benzene rings is 3. The zero-order valence-corrected chi connectivity index (χ0v) is 27.9. The van der Waals surface area contributed by atoms with Crippen LogP contribution in [0, 0.1) is 23.7 Å². The van der Waals surface area contributed by atoms with Gasteiger partial charge in [0.05, 0.1) is 39.3 Å². The summed E-state index contributed by atoms with van der Waals surface area (Å²) in [6.07, 6.45) is 3.69. The van der Waals surface area contributed by atoms with Gasteiger partial charge in [0.2, 0.25) is 17.6 Å². The Bertz CT molecular complexity index is 2030. The maximum atomic E-state index is 13.5. The van der Waals surface area contributed by atoms with E-state index in [0.717, 1.165) is 16.5 Å². The third kappa shape index (κ3) is 5.07. The fourth-order valence-corrected chi connectivity index (χ4v) is 8.28. The van der Waals surface area contributed by atoms with Crippen molar-refractivity contribution in [3.63, 3.8) is 0 Å². The number of hydrogen-bond donors (Lipinski definition) is 0. The number of fused-ring (bicyclic) bond motifs is 6. The number of aryl methyl sites for hydroxylation is 1. The van der Waals surface area contributed by atoms with Gasteiger partial charge in [0, 0.05) is 26.0 Å². The van der Waals surface area contributed by atoms with Gasteiger partial charge in [-0.25, -0.2) is 9.78 Å². The molecule has 1 saturated carbocycles. The number of anilines is 1. The van der Waals surface area contributed by atoms with Crippen molar-refractivity contribution in [1.82, 2.24) is 4.98 Å². The van der Waals surface area contributed by atoms with Gasteiger partial charge in [-0.05, 0) is 85.7 Å². The lowest BCUT2D eigenvalue weighted by Crippen LogP contribution is -2.32. The zero-order valence-electron chi connectivity index (χ0n) is 24.9. The fourth-order valence-electron chi connectivity index (χ4n) is 7.26. The first kappa shape index (κ1) is 30.8. The van der Waals surface area contributed by atoms with Crippen molar-refractivity contribution in [2.24, 2.45) is 23.7 Å². The summed E-state index contributed by atoms with van der Waals surface area (Å²) in [6, 6.07) is 17.0. The average molecular weight is 718 g/mol. The number of ether oxygens (including phenoxy) is 1. The average Bonchev–Trinajstić information content (AvgIpc) is 3.68. The Balaban J connectivity index is 1.20. The largest absolute Gasteiger partial charge is 0.454 e. The molecular weight excluding hydrogens is 691 g/mol. The molecule has 4 unspecified atom stereocenters. The van der Waals surface area contributed by atoms with E-state index in [4.69, 9.17) is 32.9 Å². The van der Waals surface area contributed by atoms with Crippen LogP contribution in [0.3, 0.4) is 0 Å². The molecule has 7 rings (SSSR count). The highest BCUT2D eigenvalue weighted by Gasteiger charge is 2.60. The topological polar surface area (TPSA) is 93.6 Å². The second-order valence-electron chi connectivity index (χ2n) is 12.0. The second kappa shape index (κ2) is 11.7. The number of halogens is 3. The number of carbonyl (C=O) groups is 4. The molecule has 0 spiro atoms. The summed E-state index contributed by atoms with van der Waals surface area (Å²) in [7, 11) is 0. The Morgan fingerprint density at radius 3 is 2.43 bits per heavy atom. The summed E-state index contributed by atoms with van der Waals surface area (Å²) in [4.78, 5) is 59.5. The maximum Gasteiger partial charge on any atom is 0.339 e. The van der Waals surface area contributed by atoms with Crippen molar-refractivity contribution >= 4 is 79.3 Å². The number of amides is 2. The Hall–Kier alpha value is -3.85. The van der Waals surface area contributed by atoms with Gasteiger partial charge in [0.25, 0.3) is 0 Å². The maximum absolute atomic E-state index is 13.5. The lowest BCUT2D eigenvalue weighted by atomic mass is 9.82. The molecule has 10 heteroatoms. The third-order valence-electron chi connectivity index (χ3n) is 9.43. The van der Waals surface area contributed by atoms with Crippen molar-refractivity contribution in [2.45, 2.75) is 26.7 Å². The Morgan fingerprint density at radius 1 is 0.978 bits per heavy atom. The van der Waals surface area contributed by atoms with E-state index in [0.29, 0.717) is 39.3 Å². The lowest BCUT2D eigenvalue weighted by molar-refractivity contribution is -0.123. The number of esters is 1. The van der Waals surface area contributed by atoms with Crippen LogP contribution < -0.4 is 4.90 Å². The molecule has 7 nitrogen and oxygen atoms in total. The van der Waals surface area contributed by atoms with Gasteiger partial charge >= 0.3 is 5.97 Å². The predicted molar refractivity (Wildman–Crippen MR) is 180 cm³/mol. The predicted octanol–water partition coefficient (Wildman–Crippen LogP) is 8.27. The molecule has 0 radical (unpaired) electrons. The molecule has 2 heterocycles. The van der Waals surface area contributed by atoms with E-state index in [2.05, 4.69) is 22.0 Å². The number of nitrogens with zero attached hydrogens (tertiary/aromatic N) is 2. The smallest absolute Gasteiger partial charge is 0.339 e. The Kier molecular flexibility index (Phi) is 7.86. The summed E-state index contributed by atoms with van der Waals surface area (Å²) in [6.45, 7) is 3.53. The van der Waals surface area contributed by atoms with Crippen LogP contribution in [-0.4, -0.2) is 35.2 Å². The van der Waals surface area contributed by atoms with Crippen LogP contribution >= 0.6 is 39.1 Å². The number of carbonyl (C=O) groups excluding carboxylic acids is 4. The molecule has 2 aliphatic carbocycles. The number of Topliss-reactive ketones (excluding diaryl/α,β-unsaturated/α-hetero) is 1. The zero-order chi connectivity index (χ0) is 32.4. The SMILES string of the molecule is CCc1cc(Br)cc2c(C(=O)OCC(=O)c3ccc(Cl)cc3Cl)cc(-c3ccc(N4C(=O)C5C6C=C(C)C(C6)C5C4=O)cc3)nc12. The van der Waals surface area contributed by atoms with Crippen molar-refractivity contribution in [2.75, 3.05) is 11.5 Å². The minimum absolute atomic E-state index is 0.127. The lowest BCUT2D eigenvalue weighted by Gasteiger charge is -2.19. The standard InChI is InChI=1S/C36H27BrCl2N2O5/c1-3-18-11-21(37)13-26-27(36(45)46-16-30(42)24-9-6-22(38)14-28(24)39)15-29(40-33(18)26)19-4-7-23(8-5-19)41-34(43)31-20-10-17(2)25(12-20)32(31)35(41)44/h4-11,13-15,20,25,31-32H,3,12,16H2,1-2H3. The number of aromatic nitrogens is 1. The molecule has 3 aromatic carbocycles. The molecule has 232 valence electrons. The Morgan fingerprint density at radius 2 is 1.72 bits per heavy atom. The van der Waals surface area contributed by atoms with E-state index in [9.17, 15) is 19.2 Å². The van der Waals surface area contributed by atoms with E-state index >= 15 is 0 Å². The van der Waals surface area contributed by atoms with Crippen LogP contribution in [0.1, 0.15) is 46.5 Å². The molecule has 3 aliphatic rings. The van der Waals surface area contributed by atoms with Crippen LogP contribution in [0.15, 0.2) is 76.8 Å². The van der Waals surface area contributed by atoms with Gasteiger partial charge in [-0.15, -0.1) is 0 Å². The highest BCUT2D eigenvalue weighted by atomic mass is 79.9. The third-order valence-corrected chi connectivity index (χ3v) is 10.4. The highest BCUT2D eigenvalue weighted by Crippen LogP contribution is 2.56. The van der Waals surface area contributed by atoms with Crippen LogP contribution in [0.4, 0.5) is 5.69 Å². The summed E-state index contributed by atoms with van der Waals surface area (Å²) in [5.74, 6) is -1.73. The van der Waals surface area contributed by atoms with Crippen molar-refractivity contribution in [3.05, 3.63) is 104 Å². The number of pyridine rings is 1. The van der Waals surface area contributed by atoms with E-state index in [-0.39, 0.29) is 51.6 Å².